The van der Waals surface area contributed by atoms with Gasteiger partial charge >= 0.3 is 0 Å². The number of hydrogen-bond donors (Lipinski definition) is 2. The predicted molar refractivity (Wildman–Crippen MR) is 106 cm³/mol. The van der Waals surface area contributed by atoms with Gasteiger partial charge in [-0.1, -0.05) is 38.1 Å². The molecule has 3 rings (SSSR count). The number of nitrogens with one attached hydrogen (secondary N) is 2. The largest absolute Gasteiger partial charge is 0.497 e. The first-order chi connectivity index (χ1) is 13.0. The fourth-order valence-electron chi connectivity index (χ4n) is 3.02. The molecule has 2 atom stereocenters. The summed E-state index contributed by atoms with van der Waals surface area (Å²) in [5.41, 5.74) is 3.00. The summed E-state index contributed by atoms with van der Waals surface area (Å²) in [6, 6.07) is 15.4. The number of anilines is 1. The summed E-state index contributed by atoms with van der Waals surface area (Å²) in [5, 5.41) is 5.82. The lowest BCUT2D eigenvalue weighted by atomic mass is 10.0. The third-order valence-electron chi connectivity index (χ3n) is 4.93. The van der Waals surface area contributed by atoms with E-state index in [1.807, 2.05) is 48.5 Å². The number of carbonyl (C=O) groups excluding carboxylic acids is 2. The maximum absolute atomic E-state index is 12.3. The average molecular weight is 366 g/mol. The zero-order valence-electron chi connectivity index (χ0n) is 16.0. The van der Waals surface area contributed by atoms with E-state index in [0.29, 0.717) is 18.9 Å². The first kappa shape index (κ1) is 19.0. The van der Waals surface area contributed by atoms with Crippen LogP contribution in [0.2, 0.25) is 0 Å². The molecular formula is C22H26N2O3. The van der Waals surface area contributed by atoms with Crippen LogP contribution < -0.4 is 15.4 Å². The minimum atomic E-state index is -0.245. The monoisotopic (exact) mass is 366 g/mol. The Labute approximate surface area is 160 Å². The van der Waals surface area contributed by atoms with Gasteiger partial charge in [0.05, 0.1) is 18.9 Å². The second-order valence-corrected chi connectivity index (χ2v) is 7.28. The zero-order valence-corrected chi connectivity index (χ0v) is 16.0. The second-order valence-electron chi connectivity index (χ2n) is 7.28. The fraction of sp³-hybridized carbons (Fsp3) is 0.364. The Hall–Kier alpha value is -2.82. The van der Waals surface area contributed by atoms with Crippen molar-refractivity contribution in [2.45, 2.75) is 32.7 Å². The smallest absolute Gasteiger partial charge is 0.228 e. The van der Waals surface area contributed by atoms with Gasteiger partial charge in [-0.3, -0.25) is 9.59 Å². The van der Waals surface area contributed by atoms with Gasteiger partial charge in [0.1, 0.15) is 5.75 Å². The van der Waals surface area contributed by atoms with E-state index in [-0.39, 0.29) is 23.7 Å². The van der Waals surface area contributed by atoms with Crippen molar-refractivity contribution in [1.82, 2.24) is 5.32 Å². The Morgan fingerprint density at radius 3 is 2.22 bits per heavy atom. The summed E-state index contributed by atoms with van der Waals surface area (Å²) < 4.78 is 5.12. The van der Waals surface area contributed by atoms with Gasteiger partial charge in [-0.05, 0) is 47.7 Å². The molecule has 1 aliphatic rings. The summed E-state index contributed by atoms with van der Waals surface area (Å²) in [4.78, 5) is 24.6. The standard InChI is InChI=1S/C22H26N2O3/c1-14(2)16-6-8-17(9-7-16)24-22(26)20-12-19(20)21(25)23-13-15-4-10-18(27-3)11-5-15/h4-11,14,19-20H,12-13H2,1-3H3,(H,23,25)(H,24,26). The van der Waals surface area contributed by atoms with Crippen LogP contribution in [0.3, 0.4) is 0 Å². The van der Waals surface area contributed by atoms with Crippen molar-refractivity contribution in [2.24, 2.45) is 11.8 Å². The van der Waals surface area contributed by atoms with E-state index < -0.39 is 0 Å². The highest BCUT2D eigenvalue weighted by atomic mass is 16.5. The van der Waals surface area contributed by atoms with E-state index in [9.17, 15) is 9.59 Å². The van der Waals surface area contributed by atoms with Gasteiger partial charge in [0.15, 0.2) is 0 Å². The number of amides is 2. The molecule has 0 aromatic heterocycles. The molecule has 2 amide bonds. The van der Waals surface area contributed by atoms with Crippen LogP contribution in [0.25, 0.3) is 0 Å². The Bertz CT molecular complexity index is 797. The fourth-order valence-corrected chi connectivity index (χ4v) is 3.02. The average Bonchev–Trinajstić information content (AvgIpc) is 3.48. The number of methoxy groups -OCH3 is 1. The topological polar surface area (TPSA) is 67.4 Å². The van der Waals surface area contributed by atoms with Crippen LogP contribution in [0.4, 0.5) is 5.69 Å². The van der Waals surface area contributed by atoms with E-state index >= 15 is 0 Å². The number of hydrogen-bond acceptors (Lipinski definition) is 3. The van der Waals surface area contributed by atoms with E-state index in [4.69, 9.17) is 4.74 Å². The molecule has 0 bridgehead atoms. The first-order valence-electron chi connectivity index (χ1n) is 9.29. The lowest BCUT2D eigenvalue weighted by Crippen LogP contribution is -2.27. The van der Waals surface area contributed by atoms with Crippen LogP contribution >= 0.6 is 0 Å². The van der Waals surface area contributed by atoms with Crippen molar-refractivity contribution in [3.63, 3.8) is 0 Å². The summed E-state index contributed by atoms with van der Waals surface area (Å²) in [5.74, 6) is 0.601. The summed E-state index contributed by atoms with van der Waals surface area (Å²) in [7, 11) is 1.62. The molecule has 0 spiro atoms. The summed E-state index contributed by atoms with van der Waals surface area (Å²) >= 11 is 0. The molecule has 0 saturated heterocycles. The predicted octanol–water partition coefficient (Wildman–Crippen LogP) is 3.71. The summed E-state index contributed by atoms with van der Waals surface area (Å²) in [6.07, 6.45) is 0.602. The maximum atomic E-state index is 12.3. The molecule has 27 heavy (non-hydrogen) atoms. The minimum Gasteiger partial charge on any atom is -0.497 e. The van der Waals surface area contributed by atoms with Crippen molar-refractivity contribution in [3.8, 4) is 5.75 Å². The molecule has 2 unspecified atom stereocenters. The molecule has 2 N–H and O–H groups in total. The van der Waals surface area contributed by atoms with Crippen molar-refractivity contribution in [3.05, 3.63) is 59.7 Å². The van der Waals surface area contributed by atoms with Crippen LogP contribution in [0, 0.1) is 11.8 Å². The highest BCUT2D eigenvalue weighted by Gasteiger charge is 2.47. The zero-order chi connectivity index (χ0) is 19.4. The van der Waals surface area contributed by atoms with E-state index in [0.717, 1.165) is 17.0 Å². The second kappa shape index (κ2) is 8.25. The minimum absolute atomic E-state index is 0.0684. The van der Waals surface area contributed by atoms with Crippen LogP contribution in [-0.2, 0) is 16.1 Å². The van der Waals surface area contributed by atoms with Gasteiger partial charge in [-0.2, -0.15) is 0 Å². The highest BCUT2D eigenvalue weighted by molar-refractivity contribution is 5.99. The molecule has 1 fully saturated rings. The Balaban J connectivity index is 1.46. The molecule has 5 heteroatoms. The van der Waals surface area contributed by atoms with E-state index in [1.54, 1.807) is 7.11 Å². The van der Waals surface area contributed by atoms with Crippen molar-refractivity contribution in [1.29, 1.82) is 0 Å². The lowest BCUT2D eigenvalue weighted by molar-refractivity contribution is -0.125. The molecule has 1 aliphatic carbocycles. The van der Waals surface area contributed by atoms with Gasteiger partial charge in [-0.25, -0.2) is 0 Å². The van der Waals surface area contributed by atoms with Gasteiger partial charge in [0.2, 0.25) is 11.8 Å². The van der Waals surface area contributed by atoms with Gasteiger partial charge in [0.25, 0.3) is 0 Å². The highest BCUT2D eigenvalue weighted by Crippen LogP contribution is 2.39. The molecule has 2 aromatic rings. The van der Waals surface area contributed by atoms with Gasteiger partial charge in [-0.15, -0.1) is 0 Å². The van der Waals surface area contributed by atoms with Crippen molar-refractivity contribution < 1.29 is 14.3 Å². The molecule has 1 saturated carbocycles. The van der Waals surface area contributed by atoms with Crippen LogP contribution in [-0.4, -0.2) is 18.9 Å². The Morgan fingerprint density at radius 1 is 1.00 bits per heavy atom. The molecule has 0 radical (unpaired) electrons. The van der Waals surface area contributed by atoms with E-state index in [2.05, 4.69) is 24.5 Å². The normalized spacial score (nSPS) is 18.1. The lowest BCUT2D eigenvalue weighted by Gasteiger charge is -2.09. The van der Waals surface area contributed by atoms with Crippen molar-refractivity contribution >= 4 is 17.5 Å². The molecule has 0 heterocycles. The van der Waals surface area contributed by atoms with Crippen LogP contribution in [0.15, 0.2) is 48.5 Å². The Morgan fingerprint density at radius 2 is 1.63 bits per heavy atom. The van der Waals surface area contributed by atoms with E-state index in [1.165, 1.54) is 5.56 Å². The third-order valence-corrected chi connectivity index (χ3v) is 4.93. The summed E-state index contributed by atoms with van der Waals surface area (Å²) in [6.45, 7) is 4.71. The molecule has 142 valence electrons. The number of benzene rings is 2. The maximum Gasteiger partial charge on any atom is 0.228 e. The SMILES string of the molecule is COc1ccc(CNC(=O)C2CC2C(=O)Nc2ccc(C(C)C)cc2)cc1. The van der Waals surface area contributed by atoms with Gasteiger partial charge < -0.3 is 15.4 Å². The number of ether oxygens (including phenoxy) is 1. The molecular weight excluding hydrogens is 340 g/mol. The molecule has 5 nitrogen and oxygen atoms in total. The first-order valence-corrected chi connectivity index (χ1v) is 9.29. The van der Waals surface area contributed by atoms with Crippen LogP contribution in [0.1, 0.15) is 37.3 Å². The molecule has 2 aromatic carbocycles. The quantitative estimate of drug-likeness (QED) is 0.785. The van der Waals surface area contributed by atoms with Gasteiger partial charge in [0, 0.05) is 12.2 Å². The molecule has 0 aliphatic heterocycles. The van der Waals surface area contributed by atoms with Crippen molar-refractivity contribution in [2.75, 3.05) is 12.4 Å². The Kier molecular flexibility index (Phi) is 5.79. The number of rotatable bonds is 7. The van der Waals surface area contributed by atoms with Crippen LogP contribution in [0.5, 0.6) is 5.75 Å². The number of carbonyl (C=O) groups is 2. The third kappa shape index (κ3) is 4.88.